The second kappa shape index (κ2) is 5.74. The number of carbonyl (C=O) groups excluding carboxylic acids is 1. The smallest absolute Gasteiger partial charge is 0.311 e. The minimum absolute atomic E-state index is 0.0236. The molecule has 90 valence electrons. The molecule has 0 aliphatic heterocycles. The number of methoxy groups -OCH3 is 1. The highest BCUT2D eigenvalue weighted by Crippen LogP contribution is 2.23. The molecule has 0 saturated carbocycles. The zero-order chi connectivity index (χ0) is 12.8. The number of halogens is 1. The summed E-state index contributed by atoms with van der Waals surface area (Å²) in [5, 5.41) is 10.6. The van der Waals surface area contributed by atoms with Gasteiger partial charge in [-0.3, -0.25) is 14.9 Å². The zero-order valence-electron chi connectivity index (χ0n) is 9.05. The van der Waals surface area contributed by atoms with Gasteiger partial charge in [0.1, 0.15) is 0 Å². The first-order valence-corrected chi connectivity index (χ1v) is 4.72. The maximum Gasteiger partial charge on any atom is 0.311 e. The fourth-order valence-electron chi connectivity index (χ4n) is 1.22. The molecule has 0 radical (unpaired) electrons. The maximum atomic E-state index is 13.2. The second-order valence-corrected chi connectivity index (χ2v) is 3.12. The summed E-state index contributed by atoms with van der Waals surface area (Å²) in [6.07, 6.45) is 2.68. The van der Waals surface area contributed by atoms with Crippen molar-refractivity contribution in [2.24, 2.45) is 0 Å². The molecular weight excluding hydrogens is 229 g/mol. The number of carbonyl (C=O) groups is 1. The molecule has 0 aliphatic carbocycles. The molecule has 0 bridgehead atoms. The molecule has 0 spiro atoms. The molecule has 0 fully saturated rings. The van der Waals surface area contributed by atoms with E-state index < -0.39 is 22.4 Å². The van der Waals surface area contributed by atoms with Gasteiger partial charge in [-0.05, 0) is 12.1 Å². The van der Waals surface area contributed by atoms with E-state index in [1.165, 1.54) is 31.4 Å². The van der Waals surface area contributed by atoms with Crippen LogP contribution in [0.25, 0.3) is 6.08 Å². The van der Waals surface area contributed by atoms with E-state index in [9.17, 15) is 19.3 Å². The molecule has 0 saturated heterocycles. The summed E-state index contributed by atoms with van der Waals surface area (Å²) in [6.45, 7) is 0. The van der Waals surface area contributed by atoms with Crippen LogP contribution in [0.1, 0.15) is 12.0 Å². The Hall–Kier alpha value is -2.24. The van der Waals surface area contributed by atoms with Crippen LogP contribution in [0.5, 0.6) is 0 Å². The molecule has 1 aromatic carbocycles. The van der Waals surface area contributed by atoms with Crippen molar-refractivity contribution in [2.75, 3.05) is 7.11 Å². The summed E-state index contributed by atoms with van der Waals surface area (Å²) in [5.74, 6) is -1.38. The quantitative estimate of drug-likeness (QED) is 0.459. The lowest BCUT2D eigenvalue weighted by Crippen LogP contribution is -1.97. The molecule has 0 aliphatic rings. The highest BCUT2D eigenvalue weighted by molar-refractivity contribution is 5.73. The van der Waals surface area contributed by atoms with Gasteiger partial charge in [-0.1, -0.05) is 18.2 Å². The van der Waals surface area contributed by atoms with Crippen LogP contribution >= 0.6 is 0 Å². The van der Waals surface area contributed by atoms with E-state index in [4.69, 9.17) is 0 Å². The molecule has 17 heavy (non-hydrogen) atoms. The number of benzene rings is 1. The Bertz CT molecular complexity index is 471. The lowest BCUT2D eigenvalue weighted by molar-refractivity contribution is -0.387. The lowest BCUT2D eigenvalue weighted by atomic mass is 10.1. The molecule has 0 aromatic heterocycles. The van der Waals surface area contributed by atoms with Crippen LogP contribution in [0, 0.1) is 15.9 Å². The van der Waals surface area contributed by atoms with Gasteiger partial charge >= 0.3 is 11.7 Å². The van der Waals surface area contributed by atoms with Crippen molar-refractivity contribution in [1.82, 2.24) is 0 Å². The average Bonchev–Trinajstić information content (AvgIpc) is 2.28. The van der Waals surface area contributed by atoms with Gasteiger partial charge in [0.2, 0.25) is 5.82 Å². The lowest BCUT2D eigenvalue weighted by Gasteiger charge is -1.98. The van der Waals surface area contributed by atoms with Crippen LogP contribution in [0.15, 0.2) is 24.3 Å². The Morgan fingerprint density at radius 3 is 2.88 bits per heavy atom. The van der Waals surface area contributed by atoms with Gasteiger partial charge in [0.15, 0.2) is 0 Å². The summed E-state index contributed by atoms with van der Waals surface area (Å²) >= 11 is 0. The number of rotatable bonds is 4. The van der Waals surface area contributed by atoms with Crippen molar-refractivity contribution in [3.8, 4) is 0 Å². The van der Waals surface area contributed by atoms with Crippen molar-refractivity contribution in [2.45, 2.75) is 6.42 Å². The zero-order valence-corrected chi connectivity index (χ0v) is 9.05. The third kappa shape index (κ3) is 3.37. The predicted octanol–water partition coefficient (Wildman–Crippen LogP) is 2.31. The fourth-order valence-corrected chi connectivity index (χ4v) is 1.22. The van der Waals surface area contributed by atoms with Gasteiger partial charge in [-0.15, -0.1) is 0 Å². The minimum atomic E-state index is -0.907. The molecule has 6 heteroatoms. The average molecular weight is 239 g/mol. The first-order valence-electron chi connectivity index (χ1n) is 4.72. The van der Waals surface area contributed by atoms with Crippen LogP contribution in [-0.2, 0) is 9.53 Å². The topological polar surface area (TPSA) is 69.4 Å². The van der Waals surface area contributed by atoms with Crippen LogP contribution in [0.2, 0.25) is 0 Å². The summed E-state index contributed by atoms with van der Waals surface area (Å²) in [6, 6.07) is 3.77. The fraction of sp³-hybridized carbons (Fsp3) is 0.182. The number of para-hydroxylation sites is 1. The number of hydrogen-bond acceptors (Lipinski definition) is 4. The van der Waals surface area contributed by atoms with Gasteiger partial charge in [-0.2, -0.15) is 4.39 Å². The number of esters is 1. The van der Waals surface area contributed by atoms with Crippen molar-refractivity contribution in [1.29, 1.82) is 0 Å². The van der Waals surface area contributed by atoms with E-state index in [2.05, 4.69) is 4.74 Å². The number of nitro benzene ring substituents is 1. The van der Waals surface area contributed by atoms with Crippen molar-refractivity contribution in [3.05, 3.63) is 45.8 Å². The Labute approximate surface area is 96.7 Å². The van der Waals surface area contributed by atoms with Crippen LogP contribution < -0.4 is 0 Å². The highest BCUT2D eigenvalue weighted by atomic mass is 19.1. The first-order chi connectivity index (χ1) is 8.06. The minimum Gasteiger partial charge on any atom is -0.469 e. The normalized spacial score (nSPS) is 10.5. The maximum absolute atomic E-state index is 13.2. The number of nitro groups is 1. The molecule has 1 aromatic rings. The Kier molecular flexibility index (Phi) is 4.33. The molecular formula is C11H10FNO4. The standard InChI is InChI=1S/C11H10FNO4/c1-17-10(14)7-3-5-8-4-2-6-9(12)11(8)13(15)16/h2-6H,7H2,1H3. The van der Waals surface area contributed by atoms with Crippen LogP contribution in [0.4, 0.5) is 10.1 Å². The summed E-state index contributed by atoms with van der Waals surface area (Å²) in [5.41, 5.74) is -0.493. The summed E-state index contributed by atoms with van der Waals surface area (Å²) in [7, 11) is 1.24. The van der Waals surface area contributed by atoms with Gasteiger partial charge in [0, 0.05) is 0 Å². The van der Waals surface area contributed by atoms with Crippen LogP contribution in [-0.4, -0.2) is 18.0 Å². The molecule has 0 heterocycles. The first kappa shape index (κ1) is 12.8. The van der Waals surface area contributed by atoms with Gasteiger partial charge in [0.25, 0.3) is 0 Å². The van der Waals surface area contributed by atoms with Crippen LogP contribution in [0.3, 0.4) is 0 Å². The van der Waals surface area contributed by atoms with Gasteiger partial charge in [0.05, 0.1) is 24.0 Å². The molecule has 0 unspecified atom stereocenters. The van der Waals surface area contributed by atoms with E-state index in [0.29, 0.717) is 0 Å². The van der Waals surface area contributed by atoms with Crippen molar-refractivity contribution >= 4 is 17.7 Å². The van der Waals surface area contributed by atoms with E-state index >= 15 is 0 Å². The Morgan fingerprint density at radius 1 is 1.59 bits per heavy atom. The molecule has 0 N–H and O–H groups in total. The van der Waals surface area contributed by atoms with E-state index in [-0.39, 0.29) is 12.0 Å². The number of ether oxygens (including phenoxy) is 1. The molecule has 1 rings (SSSR count). The SMILES string of the molecule is COC(=O)CC=Cc1cccc(F)c1[N+](=O)[O-]. The predicted molar refractivity (Wildman–Crippen MR) is 58.7 cm³/mol. The van der Waals surface area contributed by atoms with Crippen molar-refractivity contribution < 1.29 is 18.8 Å². The Morgan fingerprint density at radius 2 is 2.29 bits per heavy atom. The number of hydrogen-bond donors (Lipinski definition) is 0. The van der Waals surface area contributed by atoms with E-state index in [0.717, 1.165) is 6.07 Å². The summed E-state index contributed by atoms with van der Waals surface area (Å²) in [4.78, 5) is 20.6. The Balaban J connectivity index is 2.95. The molecule has 0 amide bonds. The molecule has 5 nitrogen and oxygen atoms in total. The summed E-state index contributed by atoms with van der Waals surface area (Å²) < 4.78 is 17.6. The van der Waals surface area contributed by atoms with Gasteiger partial charge in [-0.25, -0.2) is 0 Å². The third-order valence-electron chi connectivity index (χ3n) is 2.01. The second-order valence-electron chi connectivity index (χ2n) is 3.12. The van der Waals surface area contributed by atoms with Crippen molar-refractivity contribution in [3.63, 3.8) is 0 Å². The third-order valence-corrected chi connectivity index (χ3v) is 2.01. The largest absolute Gasteiger partial charge is 0.469 e. The van der Waals surface area contributed by atoms with E-state index in [1.54, 1.807) is 0 Å². The van der Waals surface area contributed by atoms with Gasteiger partial charge < -0.3 is 4.74 Å². The van der Waals surface area contributed by atoms with E-state index in [1.807, 2.05) is 0 Å². The number of nitrogens with zero attached hydrogens (tertiary/aromatic N) is 1. The highest BCUT2D eigenvalue weighted by Gasteiger charge is 2.17. The molecule has 0 atom stereocenters. The monoisotopic (exact) mass is 239 g/mol.